The Hall–Kier alpha value is -2.57. The van der Waals surface area contributed by atoms with Gasteiger partial charge in [-0.05, 0) is 43.3 Å². The third-order valence-corrected chi connectivity index (χ3v) is 4.81. The van der Waals surface area contributed by atoms with Gasteiger partial charge in [-0.3, -0.25) is 4.79 Å². The number of carbonyl (C=O) groups is 1. The molecule has 2 aromatic carbocycles. The quantitative estimate of drug-likeness (QED) is 0.384. The Balaban J connectivity index is 0.00000204. The summed E-state index contributed by atoms with van der Waals surface area (Å²) in [6.45, 7) is 8.02. The van der Waals surface area contributed by atoms with Crippen LogP contribution >= 0.6 is 11.8 Å². The number of nitrogens with one attached hydrogen (secondary N) is 1. The number of thioether (sulfide) groups is 1. The molecule has 2 rings (SSSR count). The molecule has 2 N–H and O–H groups in total. The predicted octanol–water partition coefficient (Wildman–Crippen LogP) is 5.51. The van der Waals surface area contributed by atoms with Crippen molar-refractivity contribution in [3.05, 3.63) is 65.3 Å². The fourth-order valence-corrected chi connectivity index (χ4v) is 2.93. The van der Waals surface area contributed by atoms with Crippen molar-refractivity contribution in [1.82, 2.24) is 0 Å². The van der Waals surface area contributed by atoms with E-state index in [1.165, 1.54) is 38.6 Å². The van der Waals surface area contributed by atoms with E-state index < -0.39 is 34.8 Å². The van der Waals surface area contributed by atoms with Gasteiger partial charge in [-0.2, -0.15) is 13.2 Å². The van der Waals surface area contributed by atoms with Crippen LogP contribution in [0.3, 0.4) is 0 Å². The van der Waals surface area contributed by atoms with Crippen LogP contribution in [0.5, 0.6) is 0 Å². The molecular weight excluding hydrogens is 396 g/mol. The second kappa shape index (κ2) is 9.08. The minimum Gasteiger partial charge on any atom is -0.379 e. The van der Waals surface area contributed by atoms with E-state index in [0.717, 1.165) is 23.9 Å². The van der Waals surface area contributed by atoms with Gasteiger partial charge in [-0.25, -0.2) is 9.24 Å². The third-order valence-electron chi connectivity index (χ3n) is 3.50. The molecule has 0 aromatic heterocycles. The van der Waals surface area contributed by atoms with Crippen LogP contribution in [0.2, 0.25) is 0 Å². The van der Waals surface area contributed by atoms with Crippen LogP contribution in [0.25, 0.3) is 4.85 Å². The summed E-state index contributed by atoms with van der Waals surface area (Å²) in [5.41, 5.74) is -3.84. The number of benzene rings is 2. The lowest BCUT2D eigenvalue weighted by molar-refractivity contribution is -0.137. The van der Waals surface area contributed by atoms with E-state index in [4.69, 9.17) is 7.94 Å². The first kappa shape index (κ1) is 21.7. The molecule has 150 valence electrons. The molecule has 0 radical (unpaired) electrons. The highest BCUT2D eigenvalue weighted by molar-refractivity contribution is 7.99. The van der Waals surface area contributed by atoms with E-state index in [0.29, 0.717) is 11.0 Å². The van der Waals surface area contributed by atoms with Crippen molar-refractivity contribution in [2.24, 2.45) is 0 Å². The highest BCUT2D eigenvalue weighted by Gasteiger charge is 2.35. The fourth-order valence-electron chi connectivity index (χ4n) is 2.02. The van der Waals surface area contributed by atoms with Gasteiger partial charge in [0.2, 0.25) is 0 Å². The SMILES string of the molecule is [3H]C.[C-]#[N+]c1ccc(NC(=O)[C@@](C)(O)CSc2ccc(F)cc2)cc1C(F)(F)F. The average Bonchev–Trinajstić information content (AvgIpc) is 2.68. The highest BCUT2D eigenvalue weighted by Crippen LogP contribution is 2.38. The van der Waals surface area contributed by atoms with E-state index in [9.17, 15) is 27.5 Å². The smallest absolute Gasteiger partial charge is 0.379 e. The largest absolute Gasteiger partial charge is 0.407 e. The topological polar surface area (TPSA) is 53.7 Å². The first-order valence-corrected chi connectivity index (χ1v) is 8.52. The number of carbonyl (C=O) groups excluding carboxylic acids is 1. The predicted molar refractivity (Wildman–Crippen MR) is 101 cm³/mol. The zero-order valence-electron chi connectivity index (χ0n) is 16.0. The Morgan fingerprint density at radius 3 is 2.43 bits per heavy atom. The summed E-state index contributed by atoms with van der Waals surface area (Å²) < 4.78 is 57.6. The van der Waals surface area contributed by atoms with Crippen LogP contribution < -0.4 is 5.32 Å². The van der Waals surface area contributed by atoms with E-state index in [2.05, 4.69) is 10.2 Å². The summed E-state index contributed by atoms with van der Waals surface area (Å²) in [5, 5.41) is 12.5. The molecule has 1 atom stereocenters. The Labute approximate surface area is 165 Å². The Bertz CT molecular complexity index is 881. The van der Waals surface area contributed by atoms with Gasteiger partial charge in [0.15, 0.2) is 5.69 Å². The van der Waals surface area contributed by atoms with Crippen molar-refractivity contribution in [1.29, 1.82) is 0 Å². The molecule has 0 saturated heterocycles. The first-order chi connectivity index (χ1) is 13.5. The van der Waals surface area contributed by atoms with Crippen molar-refractivity contribution in [2.75, 3.05) is 11.1 Å². The van der Waals surface area contributed by atoms with Crippen molar-refractivity contribution < 1.29 is 28.8 Å². The van der Waals surface area contributed by atoms with E-state index in [-0.39, 0.29) is 11.4 Å². The number of amides is 1. The Morgan fingerprint density at radius 2 is 1.89 bits per heavy atom. The minimum absolute atomic E-state index is 0.100. The van der Waals surface area contributed by atoms with E-state index >= 15 is 0 Å². The Kier molecular flexibility index (Phi) is 7.05. The molecule has 4 nitrogen and oxygen atoms in total. The average molecular weight is 416 g/mol. The summed E-state index contributed by atoms with van der Waals surface area (Å²) >= 11 is 1.09. The zero-order valence-corrected chi connectivity index (χ0v) is 15.8. The maximum absolute atomic E-state index is 13.0. The minimum atomic E-state index is -4.75. The normalized spacial score (nSPS) is 13.3. The van der Waals surface area contributed by atoms with Gasteiger partial charge in [0, 0.05) is 17.7 Å². The van der Waals surface area contributed by atoms with Crippen molar-refractivity contribution in [3.8, 4) is 0 Å². The summed E-state index contributed by atoms with van der Waals surface area (Å²) in [7, 11) is 1.25. The number of hydrogen-bond donors (Lipinski definition) is 2. The van der Waals surface area contributed by atoms with Crippen LogP contribution in [0.1, 0.15) is 21.3 Å². The molecule has 0 aliphatic heterocycles. The fraction of sp³-hybridized carbons (Fsp3) is 0.263. The summed E-state index contributed by atoms with van der Waals surface area (Å²) in [6.07, 6.45) is -4.75. The molecule has 0 aliphatic rings. The van der Waals surface area contributed by atoms with Gasteiger partial charge in [-0.1, -0.05) is 13.5 Å². The van der Waals surface area contributed by atoms with E-state index in [1.54, 1.807) is 0 Å². The molecule has 9 heteroatoms. The molecule has 2 aromatic rings. The standard InChI is InChI=1S/C18H14F4N2O2S.CH4/c1-17(26,10-27-13-6-3-11(19)4-7-13)16(25)24-12-5-8-15(23-2)14(9-12)18(20,21)22;/h3-9,26H,10H2,1H3,(H,24,25);1H4/t17-;/m0./s1/i;1T. The molecule has 0 aliphatic carbocycles. The maximum Gasteiger partial charge on any atom is 0.407 e. The number of aliphatic hydroxyl groups is 1. The second-order valence-corrected chi connectivity index (χ2v) is 6.86. The van der Waals surface area contributed by atoms with Gasteiger partial charge in [-0.15, -0.1) is 11.8 Å². The lowest BCUT2D eigenvalue weighted by Gasteiger charge is -2.22. The van der Waals surface area contributed by atoms with Crippen LogP contribution in [0.4, 0.5) is 28.9 Å². The van der Waals surface area contributed by atoms with Crippen molar-refractivity contribution in [2.45, 2.75) is 31.0 Å². The number of halogens is 4. The van der Waals surface area contributed by atoms with Gasteiger partial charge in [0.1, 0.15) is 11.4 Å². The van der Waals surface area contributed by atoms with Gasteiger partial charge in [0.05, 0.1) is 12.1 Å². The van der Waals surface area contributed by atoms with Crippen LogP contribution in [-0.2, 0) is 11.0 Å². The molecule has 0 unspecified atom stereocenters. The number of anilines is 1. The Morgan fingerprint density at radius 1 is 1.29 bits per heavy atom. The summed E-state index contributed by atoms with van der Waals surface area (Å²) in [5.74, 6) is -1.43. The lowest BCUT2D eigenvalue weighted by Crippen LogP contribution is -2.42. The molecule has 0 bridgehead atoms. The third kappa shape index (κ3) is 5.97. The molecule has 28 heavy (non-hydrogen) atoms. The number of rotatable bonds is 5. The lowest BCUT2D eigenvalue weighted by atomic mass is 10.1. The van der Waals surface area contributed by atoms with Crippen LogP contribution in [-0.4, -0.2) is 22.4 Å². The first-order valence-electron chi connectivity index (χ1n) is 8.54. The van der Waals surface area contributed by atoms with Gasteiger partial charge < -0.3 is 10.4 Å². The molecule has 0 spiro atoms. The molecule has 0 saturated carbocycles. The van der Waals surface area contributed by atoms with E-state index in [1.807, 2.05) is 0 Å². The highest BCUT2D eigenvalue weighted by atomic mass is 32.2. The molecular formula is C19H18F4N2O2S. The molecule has 0 fully saturated rings. The molecule has 1 amide bonds. The van der Waals surface area contributed by atoms with Crippen molar-refractivity contribution in [3.63, 3.8) is 0 Å². The van der Waals surface area contributed by atoms with Crippen LogP contribution in [0.15, 0.2) is 47.4 Å². The van der Waals surface area contributed by atoms with Gasteiger partial charge in [0.25, 0.3) is 5.91 Å². The van der Waals surface area contributed by atoms with Crippen LogP contribution in [0, 0.1) is 12.4 Å². The number of nitrogens with zero attached hydrogens (tertiary/aromatic N) is 1. The zero-order chi connectivity index (χ0) is 22.2. The number of alkyl halides is 3. The monoisotopic (exact) mass is 416 g/mol. The maximum atomic E-state index is 13.0. The molecule has 0 heterocycles. The van der Waals surface area contributed by atoms with Gasteiger partial charge >= 0.3 is 6.18 Å². The number of hydrogen-bond acceptors (Lipinski definition) is 3. The second-order valence-electron chi connectivity index (χ2n) is 5.81. The summed E-state index contributed by atoms with van der Waals surface area (Å²) in [6, 6.07) is 8.17. The van der Waals surface area contributed by atoms with Crippen molar-refractivity contribution >= 4 is 29.0 Å². The summed E-state index contributed by atoms with van der Waals surface area (Å²) in [4.78, 5) is 15.7.